The van der Waals surface area contributed by atoms with Crippen molar-refractivity contribution in [2.45, 2.75) is 81.7 Å². The van der Waals surface area contributed by atoms with Crippen LogP contribution in [0.1, 0.15) is 79.3 Å². The molecule has 4 N–H and O–H groups in total. The van der Waals surface area contributed by atoms with E-state index in [0.29, 0.717) is 62.2 Å². The number of fused-ring (bicyclic) bond motifs is 4. The molecule has 0 saturated carbocycles. The van der Waals surface area contributed by atoms with Crippen molar-refractivity contribution in [2.75, 3.05) is 43.9 Å². The van der Waals surface area contributed by atoms with Crippen molar-refractivity contribution in [2.24, 2.45) is 0 Å². The van der Waals surface area contributed by atoms with Crippen LogP contribution in [0.15, 0.2) is 18.2 Å². The zero-order chi connectivity index (χ0) is 27.2. The monoisotopic (exact) mass is 535 g/mol. The number of rotatable bonds is 7. The van der Waals surface area contributed by atoms with E-state index in [0.717, 1.165) is 66.7 Å². The maximum Gasteiger partial charge on any atom is 0.215 e. The number of nitrogen functional groups attached to an aromatic ring is 1. The molecule has 0 amide bonds. The summed E-state index contributed by atoms with van der Waals surface area (Å²) in [7, 11) is 0. The van der Waals surface area contributed by atoms with E-state index in [1.165, 1.54) is 0 Å². The van der Waals surface area contributed by atoms with E-state index in [1.807, 2.05) is 12.1 Å². The number of nitrogens with one attached hydrogen (secondary N) is 1. The minimum Gasteiger partial charge on any atom is -0.476 e. The van der Waals surface area contributed by atoms with Gasteiger partial charge < -0.3 is 25.6 Å². The fourth-order valence-electron chi connectivity index (χ4n) is 7.54. The summed E-state index contributed by atoms with van der Waals surface area (Å²) < 4.78 is 27.3. The van der Waals surface area contributed by atoms with E-state index in [9.17, 15) is 14.8 Å². The lowest BCUT2D eigenvalue weighted by Crippen LogP contribution is -2.43. The van der Waals surface area contributed by atoms with Crippen molar-refractivity contribution in [1.82, 2.24) is 9.88 Å². The number of pyridine rings is 1. The molecule has 9 heteroatoms. The first-order chi connectivity index (χ1) is 18.9. The Balaban J connectivity index is 1.36. The Bertz CT molecular complexity index is 1300. The van der Waals surface area contributed by atoms with Gasteiger partial charge in [0, 0.05) is 54.5 Å². The van der Waals surface area contributed by atoms with Crippen LogP contribution in [-0.4, -0.2) is 59.5 Å². The number of anilines is 2. The minimum atomic E-state index is -0.815. The van der Waals surface area contributed by atoms with E-state index in [1.54, 1.807) is 0 Å². The molecule has 6 rings (SSSR count). The molecular weight excluding hydrogens is 497 g/mol. The molecule has 8 nitrogen and oxygen atoms in total. The highest BCUT2D eigenvalue weighted by Crippen LogP contribution is 2.52. The highest BCUT2D eigenvalue weighted by Gasteiger charge is 2.50. The second-order valence-corrected chi connectivity index (χ2v) is 11.7. The molecule has 4 heterocycles. The summed E-state index contributed by atoms with van der Waals surface area (Å²) >= 11 is 0. The number of aromatic nitrogens is 1. The number of halogens is 1. The lowest BCUT2D eigenvalue weighted by Gasteiger charge is -2.45. The van der Waals surface area contributed by atoms with Gasteiger partial charge in [-0.05, 0) is 56.2 Å². The number of aliphatic hydroxyl groups excluding tert-OH is 1. The first kappa shape index (κ1) is 26.3. The maximum atomic E-state index is 14.3. The average Bonchev–Trinajstić information content (AvgIpc) is 3.46. The van der Waals surface area contributed by atoms with Crippen molar-refractivity contribution < 1.29 is 19.0 Å². The van der Waals surface area contributed by atoms with Crippen LogP contribution >= 0.6 is 0 Å². The smallest absolute Gasteiger partial charge is 0.215 e. The van der Waals surface area contributed by atoms with Gasteiger partial charge in [-0.1, -0.05) is 13.0 Å². The standard InChI is InChI=1S/C30H38FN5O3/c1-2-19-6-8-30(28-21(19)4-5-24(33)22(28)15-32)14-26-23(17-39-30)25(34-9-11-37)12-27(35-26)38-18-29-7-3-10-36(29)16-20(31)13-29/h4-5,12,19-20,37H,2-3,6-11,13-14,16-18,33H2,1H3,(H,34,35)/t19?,20-,29+,30+/m1/s1. The summed E-state index contributed by atoms with van der Waals surface area (Å²) in [5, 5.41) is 22.9. The number of nitrogens with two attached hydrogens (primary N) is 1. The number of hydrogen-bond acceptors (Lipinski definition) is 8. The molecule has 39 heavy (non-hydrogen) atoms. The summed E-state index contributed by atoms with van der Waals surface area (Å²) in [5.74, 6) is 0.845. The van der Waals surface area contributed by atoms with Gasteiger partial charge in [0.15, 0.2) is 0 Å². The van der Waals surface area contributed by atoms with Gasteiger partial charge in [0.25, 0.3) is 0 Å². The van der Waals surface area contributed by atoms with Crippen LogP contribution in [0.3, 0.4) is 0 Å². The highest BCUT2D eigenvalue weighted by molar-refractivity contribution is 5.64. The molecule has 2 aromatic rings. The Morgan fingerprint density at radius 2 is 2.26 bits per heavy atom. The third-order valence-corrected chi connectivity index (χ3v) is 9.48. The molecule has 0 radical (unpaired) electrons. The van der Waals surface area contributed by atoms with Gasteiger partial charge in [0.1, 0.15) is 24.4 Å². The van der Waals surface area contributed by atoms with E-state index >= 15 is 0 Å². The number of hydrogen-bond donors (Lipinski definition) is 3. The van der Waals surface area contributed by atoms with Crippen LogP contribution < -0.4 is 15.8 Å². The predicted octanol–water partition coefficient (Wildman–Crippen LogP) is 4.15. The van der Waals surface area contributed by atoms with Crippen molar-refractivity contribution in [1.29, 1.82) is 5.26 Å². The van der Waals surface area contributed by atoms with Gasteiger partial charge in [-0.15, -0.1) is 0 Å². The number of alkyl halides is 1. The number of aliphatic hydroxyl groups is 1. The Morgan fingerprint density at radius 1 is 1.38 bits per heavy atom. The summed E-state index contributed by atoms with van der Waals surface area (Å²) in [5.41, 5.74) is 11.0. The van der Waals surface area contributed by atoms with E-state index < -0.39 is 11.8 Å². The largest absolute Gasteiger partial charge is 0.476 e. The molecular formula is C30H38FN5O3. The average molecular weight is 536 g/mol. The van der Waals surface area contributed by atoms with Crippen LogP contribution in [0, 0.1) is 11.3 Å². The van der Waals surface area contributed by atoms with Crippen molar-refractivity contribution in [3.05, 3.63) is 46.1 Å². The van der Waals surface area contributed by atoms with Crippen molar-refractivity contribution in [3.8, 4) is 11.9 Å². The van der Waals surface area contributed by atoms with Crippen LogP contribution in [0.4, 0.5) is 15.8 Å². The summed E-state index contributed by atoms with van der Waals surface area (Å²) in [4.78, 5) is 7.22. The Labute approximate surface area is 229 Å². The summed E-state index contributed by atoms with van der Waals surface area (Å²) in [6, 6.07) is 8.14. The van der Waals surface area contributed by atoms with Crippen LogP contribution in [-0.2, 0) is 23.4 Å². The lowest BCUT2D eigenvalue weighted by atomic mass is 9.68. The predicted molar refractivity (Wildman–Crippen MR) is 146 cm³/mol. The molecule has 2 fully saturated rings. The van der Waals surface area contributed by atoms with Gasteiger partial charge >= 0.3 is 0 Å². The quantitative estimate of drug-likeness (QED) is 0.453. The van der Waals surface area contributed by atoms with Crippen molar-refractivity contribution in [3.63, 3.8) is 0 Å². The zero-order valence-corrected chi connectivity index (χ0v) is 22.6. The van der Waals surface area contributed by atoms with Gasteiger partial charge in [-0.3, -0.25) is 4.90 Å². The van der Waals surface area contributed by atoms with Gasteiger partial charge in [0.2, 0.25) is 5.88 Å². The molecule has 1 unspecified atom stereocenters. The topological polar surface area (TPSA) is 117 Å². The second-order valence-electron chi connectivity index (χ2n) is 11.7. The number of nitriles is 1. The van der Waals surface area contributed by atoms with Crippen LogP contribution in [0.2, 0.25) is 0 Å². The van der Waals surface area contributed by atoms with Gasteiger partial charge in [-0.2, -0.15) is 5.26 Å². The summed E-state index contributed by atoms with van der Waals surface area (Å²) in [6.07, 6.45) is 4.89. The van der Waals surface area contributed by atoms with E-state index in [4.69, 9.17) is 20.2 Å². The maximum absolute atomic E-state index is 14.3. The number of nitrogens with zero attached hydrogens (tertiary/aromatic N) is 3. The molecule has 4 atom stereocenters. The SMILES string of the molecule is CCC1CC[C@]2(Cc3nc(OC[C@@]45CCCN4C[C@H](F)C5)cc(NCCO)c3CO2)c2c1ccc(N)c2C#N. The van der Waals surface area contributed by atoms with Gasteiger partial charge in [0.05, 0.1) is 30.0 Å². The first-order valence-corrected chi connectivity index (χ1v) is 14.3. The molecule has 0 bridgehead atoms. The number of benzene rings is 1. The molecule has 1 spiro atoms. The Morgan fingerprint density at radius 3 is 3.05 bits per heavy atom. The second kappa shape index (κ2) is 10.2. The fourth-order valence-corrected chi connectivity index (χ4v) is 7.54. The molecule has 1 aliphatic carbocycles. The van der Waals surface area contributed by atoms with Crippen LogP contribution in [0.5, 0.6) is 5.88 Å². The van der Waals surface area contributed by atoms with Crippen molar-refractivity contribution >= 4 is 11.4 Å². The molecule has 1 aromatic carbocycles. The third-order valence-electron chi connectivity index (χ3n) is 9.48. The molecule has 4 aliphatic rings. The molecule has 1 aromatic heterocycles. The Kier molecular flexibility index (Phi) is 6.90. The van der Waals surface area contributed by atoms with Crippen LogP contribution in [0.25, 0.3) is 0 Å². The molecule has 2 saturated heterocycles. The van der Waals surface area contributed by atoms with E-state index in [-0.39, 0.29) is 12.1 Å². The van der Waals surface area contributed by atoms with Gasteiger partial charge in [-0.25, -0.2) is 9.37 Å². The normalized spacial score (nSPS) is 29.5. The van der Waals surface area contributed by atoms with E-state index in [2.05, 4.69) is 29.3 Å². The minimum absolute atomic E-state index is 0.00930. The Hall–Kier alpha value is -2.93. The number of ether oxygens (including phenoxy) is 2. The molecule has 3 aliphatic heterocycles. The molecule has 208 valence electrons. The lowest BCUT2D eigenvalue weighted by molar-refractivity contribution is -0.0875. The highest BCUT2D eigenvalue weighted by atomic mass is 19.1. The third kappa shape index (κ3) is 4.43. The first-order valence-electron chi connectivity index (χ1n) is 14.3. The zero-order valence-electron chi connectivity index (χ0n) is 22.6. The fraction of sp³-hybridized carbons (Fsp3) is 0.600. The summed E-state index contributed by atoms with van der Waals surface area (Å²) in [6.45, 7) is 4.67.